The number of rotatable bonds is 4. The van der Waals surface area contributed by atoms with Gasteiger partial charge in [-0.3, -0.25) is 4.98 Å². The minimum absolute atomic E-state index is 0.156. The largest absolute Gasteiger partial charge is 0.478 e. The number of halogens is 1. The van der Waals surface area contributed by atoms with Gasteiger partial charge in [0.05, 0.1) is 18.9 Å². The minimum Gasteiger partial charge on any atom is -0.478 e. The molecule has 2 N–H and O–H groups in total. The van der Waals surface area contributed by atoms with Crippen LogP contribution in [0.3, 0.4) is 0 Å². The summed E-state index contributed by atoms with van der Waals surface area (Å²) in [4.78, 5) is 18.7. The summed E-state index contributed by atoms with van der Waals surface area (Å²) in [6.07, 6.45) is 2.94. The standard InChI is InChI=1S/C11H10ClN3O3/c1-6-8(11(16)17)2-7(18-6)3-14-10-5-13-4-9(12)15-10/h2,4-5H,3H2,1H3,(H,14,15)(H,16,17). The Bertz CT molecular complexity index is 583. The number of hydrogen-bond donors (Lipinski definition) is 2. The molecule has 18 heavy (non-hydrogen) atoms. The first kappa shape index (κ1) is 12.4. The number of anilines is 1. The van der Waals surface area contributed by atoms with E-state index in [-0.39, 0.29) is 10.7 Å². The second-order valence-electron chi connectivity index (χ2n) is 3.57. The number of nitrogens with zero attached hydrogens (tertiary/aromatic N) is 2. The summed E-state index contributed by atoms with van der Waals surface area (Å²) in [7, 11) is 0. The van der Waals surface area contributed by atoms with Crippen molar-refractivity contribution in [3.63, 3.8) is 0 Å². The molecule has 0 spiro atoms. The van der Waals surface area contributed by atoms with Gasteiger partial charge >= 0.3 is 5.97 Å². The zero-order valence-electron chi connectivity index (χ0n) is 9.48. The molecule has 6 nitrogen and oxygen atoms in total. The molecule has 0 unspecified atom stereocenters. The van der Waals surface area contributed by atoms with Crippen molar-refractivity contribution >= 4 is 23.4 Å². The number of carboxylic acid groups (broad SMARTS) is 1. The lowest BCUT2D eigenvalue weighted by Crippen LogP contribution is -2.01. The first-order valence-electron chi connectivity index (χ1n) is 5.10. The molecule has 2 aromatic rings. The quantitative estimate of drug-likeness (QED) is 0.884. The van der Waals surface area contributed by atoms with E-state index in [1.807, 2.05) is 0 Å². The topological polar surface area (TPSA) is 88.3 Å². The molecule has 2 aromatic heterocycles. The molecule has 0 aliphatic rings. The summed E-state index contributed by atoms with van der Waals surface area (Å²) >= 11 is 5.68. The number of furan rings is 1. The Hall–Kier alpha value is -2.08. The predicted octanol–water partition coefficient (Wildman–Crippen LogP) is 2.34. The average molecular weight is 268 g/mol. The van der Waals surface area contributed by atoms with Crippen molar-refractivity contribution in [2.45, 2.75) is 13.5 Å². The summed E-state index contributed by atoms with van der Waals surface area (Å²) in [6.45, 7) is 1.91. The van der Waals surface area contributed by atoms with E-state index in [9.17, 15) is 4.79 Å². The number of carboxylic acids is 1. The highest BCUT2D eigenvalue weighted by Gasteiger charge is 2.13. The van der Waals surface area contributed by atoms with Crippen LogP contribution in [0.2, 0.25) is 5.15 Å². The fourth-order valence-corrected chi connectivity index (χ4v) is 1.60. The lowest BCUT2D eigenvalue weighted by atomic mass is 10.2. The van der Waals surface area contributed by atoms with Gasteiger partial charge in [-0.15, -0.1) is 0 Å². The fourth-order valence-electron chi connectivity index (χ4n) is 1.45. The Labute approximate surface area is 108 Å². The van der Waals surface area contributed by atoms with E-state index in [1.165, 1.54) is 18.5 Å². The van der Waals surface area contributed by atoms with E-state index in [4.69, 9.17) is 21.1 Å². The molecule has 0 saturated carbocycles. The van der Waals surface area contributed by atoms with E-state index < -0.39 is 5.97 Å². The molecule has 7 heteroatoms. The summed E-state index contributed by atoms with van der Waals surface area (Å²) in [5.41, 5.74) is 0.156. The Kier molecular flexibility index (Phi) is 3.47. The van der Waals surface area contributed by atoms with E-state index in [0.717, 1.165) is 0 Å². The molecule has 94 valence electrons. The fraction of sp³-hybridized carbons (Fsp3) is 0.182. The zero-order chi connectivity index (χ0) is 13.1. The van der Waals surface area contributed by atoms with Crippen molar-refractivity contribution < 1.29 is 14.3 Å². The second kappa shape index (κ2) is 5.05. The van der Waals surface area contributed by atoms with Crippen LogP contribution in [0.4, 0.5) is 5.82 Å². The lowest BCUT2D eigenvalue weighted by Gasteiger charge is -2.02. The van der Waals surface area contributed by atoms with E-state index in [1.54, 1.807) is 6.92 Å². The monoisotopic (exact) mass is 267 g/mol. The van der Waals surface area contributed by atoms with Crippen molar-refractivity contribution in [3.8, 4) is 0 Å². The molecule has 2 heterocycles. The first-order chi connectivity index (χ1) is 8.56. The molecule has 0 fully saturated rings. The van der Waals surface area contributed by atoms with Crippen LogP contribution in [0, 0.1) is 6.92 Å². The van der Waals surface area contributed by atoms with Crippen LogP contribution in [0.5, 0.6) is 0 Å². The Morgan fingerprint density at radius 2 is 2.33 bits per heavy atom. The van der Waals surface area contributed by atoms with Crippen molar-refractivity contribution in [2.24, 2.45) is 0 Å². The average Bonchev–Trinajstić information content (AvgIpc) is 2.68. The molecule has 0 bridgehead atoms. The second-order valence-corrected chi connectivity index (χ2v) is 3.96. The third-order valence-electron chi connectivity index (χ3n) is 2.25. The van der Waals surface area contributed by atoms with Crippen molar-refractivity contribution in [2.75, 3.05) is 5.32 Å². The first-order valence-corrected chi connectivity index (χ1v) is 5.48. The van der Waals surface area contributed by atoms with E-state index in [0.29, 0.717) is 23.9 Å². The van der Waals surface area contributed by atoms with Gasteiger partial charge in [-0.25, -0.2) is 9.78 Å². The van der Waals surface area contributed by atoms with Gasteiger partial charge in [-0.05, 0) is 13.0 Å². The highest BCUT2D eigenvalue weighted by Crippen LogP contribution is 2.16. The number of aromatic nitrogens is 2. The summed E-state index contributed by atoms with van der Waals surface area (Å²) in [6, 6.07) is 1.47. The van der Waals surface area contributed by atoms with Gasteiger partial charge in [-0.1, -0.05) is 11.6 Å². The van der Waals surface area contributed by atoms with Gasteiger partial charge in [0.15, 0.2) is 0 Å². The molecule has 0 aromatic carbocycles. The summed E-state index contributed by atoms with van der Waals surface area (Å²) < 4.78 is 5.30. The molecule has 0 aliphatic heterocycles. The highest BCUT2D eigenvalue weighted by molar-refractivity contribution is 6.29. The third-order valence-corrected chi connectivity index (χ3v) is 2.43. The number of nitrogens with one attached hydrogen (secondary N) is 1. The van der Waals surface area contributed by atoms with Crippen LogP contribution in [0.15, 0.2) is 22.9 Å². The third kappa shape index (κ3) is 2.78. The lowest BCUT2D eigenvalue weighted by molar-refractivity contribution is 0.0695. The summed E-state index contributed by atoms with van der Waals surface area (Å²) in [5, 5.41) is 12.1. The van der Waals surface area contributed by atoms with Gasteiger partial charge in [0.25, 0.3) is 0 Å². The number of hydrogen-bond acceptors (Lipinski definition) is 5. The predicted molar refractivity (Wildman–Crippen MR) is 64.8 cm³/mol. The van der Waals surface area contributed by atoms with Gasteiger partial charge in [0, 0.05) is 0 Å². The van der Waals surface area contributed by atoms with Gasteiger partial charge < -0.3 is 14.8 Å². The van der Waals surface area contributed by atoms with Crippen LogP contribution in [0.1, 0.15) is 21.9 Å². The summed E-state index contributed by atoms with van der Waals surface area (Å²) in [5.74, 6) is 0.363. The van der Waals surface area contributed by atoms with Crippen molar-refractivity contribution in [1.29, 1.82) is 0 Å². The van der Waals surface area contributed by atoms with Crippen LogP contribution >= 0.6 is 11.6 Å². The van der Waals surface area contributed by atoms with Crippen LogP contribution in [-0.2, 0) is 6.54 Å². The molecule has 0 radical (unpaired) electrons. The van der Waals surface area contributed by atoms with Crippen molar-refractivity contribution in [3.05, 3.63) is 40.7 Å². The van der Waals surface area contributed by atoms with Crippen LogP contribution in [-0.4, -0.2) is 21.0 Å². The number of aryl methyl sites for hydroxylation is 1. The molecule has 0 atom stereocenters. The molecule has 2 rings (SSSR count). The maximum absolute atomic E-state index is 10.8. The SMILES string of the molecule is Cc1oc(CNc2cncc(Cl)n2)cc1C(=O)O. The zero-order valence-corrected chi connectivity index (χ0v) is 10.2. The van der Waals surface area contributed by atoms with Crippen LogP contribution < -0.4 is 5.32 Å². The van der Waals surface area contributed by atoms with E-state index >= 15 is 0 Å². The van der Waals surface area contributed by atoms with E-state index in [2.05, 4.69) is 15.3 Å². The molecule has 0 amide bonds. The Morgan fingerprint density at radius 1 is 1.56 bits per heavy atom. The smallest absolute Gasteiger partial charge is 0.339 e. The molecular formula is C11H10ClN3O3. The van der Waals surface area contributed by atoms with Gasteiger partial charge in [-0.2, -0.15) is 0 Å². The minimum atomic E-state index is -1.01. The Balaban J connectivity index is 2.06. The van der Waals surface area contributed by atoms with Gasteiger partial charge in [0.1, 0.15) is 28.1 Å². The Morgan fingerprint density at radius 3 is 2.94 bits per heavy atom. The molecule has 0 saturated heterocycles. The molecule has 0 aliphatic carbocycles. The maximum atomic E-state index is 10.8. The van der Waals surface area contributed by atoms with Crippen LogP contribution in [0.25, 0.3) is 0 Å². The van der Waals surface area contributed by atoms with Gasteiger partial charge in [0.2, 0.25) is 0 Å². The molecular weight excluding hydrogens is 258 g/mol. The number of aromatic carboxylic acids is 1. The maximum Gasteiger partial charge on any atom is 0.339 e. The number of carbonyl (C=O) groups is 1. The highest BCUT2D eigenvalue weighted by atomic mass is 35.5. The normalized spacial score (nSPS) is 10.3. The van der Waals surface area contributed by atoms with Crippen molar-refractivity contribution in [1.82, 2.24) is 9.97 Å².